The van der Waals surface area contributed by atoms with Crippen LogP contribution in [0.4, 0.5) is 11.5 Å². The van der Waals surface area contributed by atoms with Crippen LogP contribution in [-0.2, 0) is 16.1 Å². The number of nitrogens with two attached hydrogens (primary N) is 1. The van der Waals surface area contributed by atoms with E-state index in [1.807, 2.05) is 30.3 Å². The Bertz CT molecular complexity index is 980. The van der Waals surface area contributed by atoms with Gasteiger partial charge in [-0.2, -0.15) is 0 Å². The van der Waals surface area contributed by atoms with Crippen molar-refractivity contribution >= 4 is 17.4 Å². The van der Waals surface area contributed by atoms with Crippen molar-refractivity contribution in [1.82, 2.24) is 14.9 Å². The summed E-state index contributed by atoms with van der Waals surface area (Å²) < 4.78 is 6.45. The predicted octanol–water partition coefficient (Wildman–Crippen LogP) is 1.07. The first kappa shape index (κ1) is 22.6. The number of nitrogens with zero attached hydrogens (tertiary/aromatic N) is 2. The summed E-state index contributed by atoms with van der Waals surface area (Å²) in [6, 6.07) is 9.55. The van der Waals surface area contributed by atoms with Gasteiger partial charge in [0.05, 0.1) is 13.1 Å². The molecular weight excluding hydrogens is 398 g/mol. The predicted molar refractivity (Wildman–Crippen MR) is 120 cm³/mol. The van der Waals surface area contributed by atoms with E-state index in [1.165, 1.54) is 4.57 Å². The van der Waals surface area contributed by atoms with E-state index >= 15 is 0 Å². The third-order valence-corrected chi connectivity index (χ3v) is 5.55. The normalized spacial score (nSPS) is 14.0. The number of methoxy groups -OCH3 is 1. The van der Waals surface area contributed by atoms with Crippen molar-refractivity contribution in [2.45, 2.75) is 44.7 Å². The third kappa shape index (κ3) is 5.97. The Labute approximate surface area is 181 Å². The minimum absolute atomic E-state index is 0.0168. The number of rotatable bonds is 10. The molecule has 0 bridgehead atoms. The Balaban J connectivity index is 1.88. The van der Waals surface area contributed by atoms with Crippen LogP contribution in [0.5, 0.6) is 0 Å². The Morgan fingerprint density at radius 1 is 1.26 bits per heavy atom. The highest BCUT2D eigenvalue weighted by atomic mass is 16.5. The van der Waals surface area contributed by atoms with Crippen LogP contribution in [0.25, 0.3) is 0 Å². The van der Waals surface area contributed by atoms with Gasteiger partial charge in [-0.1, -0.05) is 43.2 Å². The molecule has 168 valence electrons. The number of carbonyl (C=O) groups is 1. The number of nitrogens with one attached hydrogen (secondary N) is 2. The summed E-state index contributed by atoms with van der Waals surface area (Å²) in [6.45, 7) is 1.07. The summed E-state index contributed by atoms with van der Waals surface area (Å²) in [6.07, 6.45) is 4.77. The molecule has 0 saturated heterocycles. The highest BCUT2D eigenvalue weighted by Gasteiger charge is 2.23. The monoisotopic (exact) mass is 429 g/mol. The summed E-state index contributed by atoms with van der Waals surface area (Å²) in [4.78, 5) is 41.8. The number of H-pyrrole nitrogens is 1. The number of nitrogen functional groups attached to an aromatic ring is 1. The van der Waals surface area contributed by atoms with Crippen molar-refractivity contribution in [2.75, 3.05) is 37.4 Å². The second-order valence-electron chi connectivity index (χ2n) is 7.88. The van der Waals surface area contributed by atoms with Crippen LogP contribution in [0.3, 0.4) is 0 Å². The molecule has 0 aliphatic heterocycles. The molecular formula is C22H31N5O4. The van der Waals surface area contributed by atoms with Crippen LogP contribution >= 0.6 is 0 Å². The van der Waals surface area contributed by atoms with Crippen molar-refractivity contribution < 1.29 is 9.53 Å². The lowest BCUT2D eigenvalue weighted by Crippen LogP contribution is -2.45. The Hall–Kier alpha value is -3.07. The second-order valence-corrected chi connectivity index (χ2v) is 7.88. The number of aromatic nitrogens is 2. The summed E-state index contributed by atoms with van der Waals surface area (Å²) >= 11 is 0. The molecule has 1 aliphatic rings. The van der Waals surface area contributed by atoms with Gasteiger partial charge in [0.25, 0.3) is 5.56 Å². The van der Waals surface area contributed by atoms with Gasteiger partial charge in [-0.05, 0) is 24.8 Å². The maximum absolute atomic E-state index is 12.7. The Morgan fingerprint density at radius 3 is 2.65 bits per heavy atom. The first-order valence-electron chi connectivity index (χ1n) is 10.7. The highest BCUT2D eigenvalue weighted by molar-refractivity contribution is 5.82. The van der Waals surface area contributed by atoms with E-state index in [9.17, 15) is 14.4 Å². The van der Waals surface area contributed by atoms with Gasteiger partial charge >= 0.3 is 5.69 Å². The molecule has 1 aromatic carbocycles. The van der Waals surface area contributed by atoms with E-state index in [4.69, 9.17) is 10.5 Å². The number of benzene rings is 1. The van der Waals surface area contributed by atoms with E-state index in [2.05, 4.69) is 10.3 Å². The SMILES string of the molecule is COCCCN(CC(=O)NC1CCCC1)c1c(N)n(Cc2ccccc2)c(=O)[nH]c1=O. The highest BCUT2D eigenvalue weighted by Crippen LogP contribution is 2.20. The van der Waals surface area contributed by atoms with Gasteiger partial charge in [-0.15, -0.1) is 0 Å². The smallest absolute Gasteiger partial charge is 0.330 e. The molecule has 31 heavy (non-hydrogen) atoms. The van der Waals surface area contributed by atoms with Crippen LogP contribution in [0.15, 0.2) is 39.9 Å². The van der Waals surface area contributed by atoms with E-state index in [-0.39, 0.29) is 36.5 Å². The summed E-state index contributed by atoms with van der Waals surface area (Å²) in [5.41, 5.74) is 6.14. The molecule has 3 rings (SSSR count). The fourth-order valence-electron chi connectivity index (χ4n) is 3.99. The van der Waals surface area contributed by atoms with E-state index in [0.29, 0.717) is 19.6 Å². The minimum atomic E-state index is -0.599. The number of hydrogen-bond acceptors (Lipinski definition) is 6. The van der Waals surface area contributed by atoms with Crippen molar-refractivity contribution in [3.05, 3.63) is 56.7 Å². The standard InChI is InChI=1S/C22H31N5O4/c1-31-13-7-12-26(15-18(28)24-17-10-5-6-11-17)19-20(23)27(22(30)25-21(19)29)14-16-8-3-2-4-9-16/h2-4,8-9,17H,5-7,10-15,23H2,1H3,(H,24,28)(H,25,29,30). The van der Waals surface area contributed by atoms with Crippen molar-refractivity contribution in [3.8, 4) is 0 Å². The fraction of sp³-hybridized carbons (Fsp3) is 0.500. The summed E-state index contributed by atoms with van der Waals surface area (Å²) in [5, 5.41) is 3.04. The van der Waals surface area contributed by atoms with Crippen molar-refractivity contribution in [3.63, 3.8) is 0 Å². The lowest BCUT2D eigenvalue weighted by molar-refractivity contribution is -0.120. The average molecular weight is 430 g/mol. The molecule has 0 unspecified atom stereocenters. The van der Waals surface area contributed by atoms with Crippen LogP contribution < -0.4 is 27.2 Å². The Morgan fingerprint density at radius 2 is 1.97 bits per heavy atom. The maximum Gasteiger partial charge on any atom is 0.330 e. The largest absolute Gasteiger partial charge is 0.385 e. The van der Waals surface area contributed by atoms with E-state index in [1.54, 1.807) is 12.0 Å². The van der Waals surface area contributed by atoms with Crippen molar-refractivity contribution in [1.29, 1.82) is 0 Å². The first-order valence-corrected chi connectivity index (χ1v) is 10.7. The molecule has 0 radical (unpaired) electrons. The van der Waals surface area contributed by atoms with Gasteiger partial charge in [-0.25, -0.2) is 4.79 Å². The molecule has 1 fully saturated rings. The molecule has 1 saturated carbocycles. The zero-order valence-corrected chi connectivity index (χ0v) is 17.9. The van der Waals surface area contributed by atoms with Crippen LogP contribution in [0, 0.1) is 0 Å². The minimum Gasteiger partial charge on any atom is -0.385 e. The molecule has 2 aromatic rings. The summed E-state index contributed by atoms with van der Waals surface area (Å²) in [5.74, 6) is -0.118. The lowest BCUT2D eigenvalue weighted by atomic mass is 10.2. The molecule has 1 aromatic heterocycles. The molecule has 1 heterocycles. The topological polar surface area (TPSA) is 122 Å². The fourth-order valence-corrected chi connectivity index (χ4v) is 3.99. The van der Waals surface area contributed by atoms with E-state index in [0.717, 1.165) is 31.2 Å². The second kappa shape index (κ2) is 10.8. The number of amides is 1. The molecule has 4 N–H and O–H groups in total. The van der Waals surface area contributed by atoms with Crippen LogP contribution in [0.1, 0.15) is 37.7 Å². The molecule has 0 atom stereocenters. The van der Waals surface area contributed by atoms with Gasteiger partial charge in [0.1, 0.15) is 11.5 Å². The maximum atomic E-state index is 12.7. The number of ether oxygens (including phenoxy) is 1. The number of carbonyl (C=O) groups excluding carboxylic acids is 1. The molecule has 9 nitrogen and oxygen atoms in total. The van der Waals surface area contributed by atoms with Gasteiger partial charge in [0, 0.05) is 26.3 Å². The summed E-state index contributed by atoms with van der Waals surface area (Å²) in [7, 11) is 1.60. The molecule has 0 spiro atoms. The molecule has 9 heteroatoms. The third-order valence-electron chi connectivity index (χ3n) is 5.55. The first-order chi connectivity index (χ1) is 15.0. The molecule has 1 amide bonds. The zero-order chi connectivity index (χ0) is 22.2. The number of hydrogen-bond donors (Lipinski definition) is 3. The zero-order valence-electron chi connectivity index (χ0n) is 17.9. The molecule has 1 aliphatic carbocycles. The van der Waals surface area contributed by atoms with Gasteiger partial charge < -0.3 is 20.7 Å². The van der Waals surface area contributed by atoms with Crippen molar-refractivity contribution in [2.24, 2.45) is 0 Å². The van der Waals surface area contributed by atoms with Crippen LogP contribution in [0.2, 0.25) is 0 Å². The van der Waals surface area contributed by atoms with Gasteiger partial charge in [0.2, 0.25) is 5.91 Å². The Kier molecular flexibility index (Phi) is 7.88. The van der Waals surface area contributed by atoms with Crippen LogP contribution in [-0.4, -0.2) is 48.3 Å². The van der Waals surface area contributed by atoms with E-state index < -0.39 is 11.2 Å². The lowest BCUT2D eigenvalue weighted by Gasteiger charge is -2.26. The average Bonchev–Trinajstić information content (AvgIpc) is 3.24. The quantitative estimate of drug-likeness (QED) is 0.486. The van der Waals surface area contributed by atoms with Gasteiger partial charge in [0.15, 0.2) is 0 Å². The number of anilines is 2. The number of aromatic amines is 1. The van der Waals surface area contributed by atoms with Gasteiger partial charge in [-0.3, -0.25) is 19.1 Å².